The number of nitrogens with zero attached hydrogens (tertiary/aromatic N) is 2. The van der Waals surface area contributed by atoms with Crippen molar-refractivity contribution < 1.29 is 10.2 Å². The van der Waals surface area contributed by atoms with Gasteiger partial charge in [0.15, 0.2) is 0 Å². The summed E-state index contributed by atoms with van der Waals surface area (Å²) in [5.41, 5.74) is 0.673. The van der Waals surface area contributed by atoms with Crippen LogP contribution in [0.15, 0.2) is 41.1 Å². The summed E-state index contributed by atoms with van der Waals surface area (Å²) in [4.78, 5) is 0. The fourth-order valence-corrected chi connectivity index (χ4v) is 1.78. The Morgan fingerprint density at radius 2 is 2.25 bits per heavy atom. The van der Waals surface area contributed by atoms with Gasteiger partial charge in [-0.1, -0.05) is 12.1 Å². The number of phenolic OH excluding ortho intramolecular Hbond substituents is 1. The molecule has 0 fully saturated rings. The van der Waals surface area contributed by atoms with Crippen molar-refractivity contribution in [2.45, 2.75) is 12.6 Å². The van der Waals surface area contributed by atoms with E-state index in [1.165, 1.54) is 0 Å². The summed E-state index contributed by atoms with van der Waals surface area (Å²) in [5, 5.41) is 23.3. The number of aromatic hydroxyl groups is 1. The van der Waals surface area contributed by atoms with Crippen LogP contribution in [0, 0.1) is 0 Å². The zero-order valence-electron chi connectivity index (χ0n) is 8.42. The maximum absolute atomic E-state index is 9.92. The van der Waals surface area contributed by atoms with Gasteiger partial charge in [-0.3, -0.25) is 4.68 Å². The summed E-state index contributed by atoms with van der Waals surface area (Å²) in [6.07, 6.45) is 2.76. The summed E-state index contributed by atoms with van der Waals surface area (Å²) < 4.78 is 2.51. The lowest BCUT2D eigenvalue weighted by Crippen LogP contribution is -2.08. The van der Waals surface area contributed by atoms with Crippen molar-refractivity contribution in [1.29, 1.82) is 0 Å². The molecule has 1 atom stereocenters. The van der Waals surface area contributed by atoms with Crippen LogP contribution >= 0.6 is 15.9 Å². The summed E-state index contributed by atoms with van der Waals surface area (Å²) >= 11 is 3.28. The van der Waals surface area contributed by atoms with E-state index in [9.17, 15) is 10.2 Å². The Kier molecular flexibility index (Phi) is 3.26. The summed E-state index contributed by atoms with van der Waals surface area (Å²) in [6, 6.07) is 6.58. The Balaban J connectivity index is 2.11. The molecule has 2 rings (SSSR count). The second kappa shape index (κ2) is 4.67. The molecule has 4 nitrogen and oxygen atoms in total. The number of hydrogen-bond acceptors (Lipinski definition) is 3. The van der Waals surface area contributed by atoms with E-state index in [0.717, 1.165) is 4.47 Å². The number of aliphatic hydroxyl groups is 1. The molecule has 1 unspecified atom stereocenters. The largest absolute Gasteiger partial charge is 0.508 e. The highest BCUT2D eigenvalue weighted by Gasteiger charge is 2.09. The molecule has 16 heavy (non-hydrogen) atoms. The van der Waals surface area contributed by atoms with Crippen LogP contribution < -0.4 is 0 Å². The Hall–Kier alpha value is -1.33. The number of benzene rings is 1. The van der Waals surface area contributed by atoms with Crippen LogP contribution in [0.3, 0.4) is 0 Å². The third-order valence-corrected chi connectivity index (χ3v) is 2.63. The minimum Gasteiger partial charge on any atom is -0.508 e. The first-order chi connectivity index (χ1) is 7.65. The lowest BCUT2D eigenvalue weighted by Gasteiger charge is -2.11. The number of phenols is 1. The van der Waals surface area contributed by atoms with Crippen LogP contribution in [0.2, 0.25) is 0 Å². The molecule has 84 valence electrons. The van der Waals surface area contributed by atoms with E-state index in [1.54, 1.807) is 41.3 Å². The Morgan fingerprint density at radius 1 is 1.44 bits per heavy atom. The number of aliphatic hydroxyl groups excluding tert-OH is 1. The average Bonchev–Trinajstić information content (AvgIpc) is 2.64. The van der Waals surface area contributed by atoms with Crippen LogP contribution in [0.25, 0.3) is 0 Å². The van der Waals surface area contributed by atoms with Crippen molar-refractivity contribution >= 4 is 15.9 Å². The molecule has 0 bridgehead atoms. The standard InChI is InChI=1S/C11H11BrN2O2/c12-9-5-13-14(6-9)7-11(16)8-2-1-3-10(15)4-8/h1-6,11,15-16H,7H2. The van der Waals surface area contributed by atoms with E-state index in [1.807, 2.05) is 0 Å². The first kappa shape index (κ1) is 11.2. The molecular weight excluding hydrogens is 272 g/mol. The summed E-state index contributed by atoms with van der Waals surface area (Å²) in [5.74, 6) is 0.151. The van der Waals surface area contributed by atoms with Gasteiger partial charge in [0.25, 0.3) is 0 Å². The number of hydrogen-bond donors (Lipinski definition) is 2. The maximum atomic E-state index is 9.92. The molecule has 0 spiro atoms. The maximum Gasteiger partial charge on any atom is 0.115 e. The summed E-state index contributed by atoms with van der Waals surface area (Å²) in [7, 11) is 0. The minimum atomic E-state index is -0.682. The highest BCUT2D eigenvalue weighted by Crippen LogP contribution is 2.19. The van der Waals surface area contributed by atoms with E-state index in [2.05, 4.69) is 21.0 Å². The monoisotopic (exact) mass is 282 g/mol. The van der Waals surface area contributed by atoms with E-state index in [0.29, 0.717) is 12.1 Å². The molecule has 2 N–H and O–H groups in total. The minimum absolute atomic E-state index is 0.151. The van der Waals surface area contributed by atoms with Crippen LogP contribution in [0.1, 0.15) is 11.7 Å². The van der Waals surface area contributed by atoms with Crippen LogP contribution in [-0.2, 0) is 6.54 Å². The second-order valence-corrected chi connectivity index (χ2v) is 4.41. The van der Waals surface area contributed by atoms with Gasteiger partial charge in [0, 0.05) is 6.20 Å². The number of halogens is 1. The van der Waals surface area contributed by atoms with Crippen LogP contribution in [-0.4, -0.2) is 20.0 Å². The topological polar surface area (TPSA) is 58.3 Å². The third kappa shape index (κ3) is 2.62. The first-order valence-corrected chi connectivity index (χ1v) is 5.59. The molecule has 0 amide bonds. The second-order valence-electron chi connectivity index (χ2n) is 3.49. The number of aromatic nitrogens is 2. The van der Waals surface area contributed by atoms with Gasteiger partial charge >= 0.3 is 0 Å². The van der Waals surface area contributed by atoms with Crippen LogP contribution in [0.4, 0.5) is 0 Å². The first-order valence-electron chi connectivity index (χ1n) is 4.80. The molecule has 5 heteroatoms. The third-order valence-electron chi connectivity index (χ3n) is 2.22. The normalized spacial score (nSPS) is 12.6. The van der Waals surface area contributed by atoms with Gasteiger partial charge in [0.1, 0.15) is 5.75 Å². The Morgan fingerprint density at radius 3 is 2.88 bits per heavy atom. The molecule has 0 saturated heterocycles. The molecule has 0 radical (unpaired) electrons. The van der Waals surface area contributed by atoms with Crippen LogP contribution in [0.5, 0.6) is 5.75 Å². The molecule has 2 aromatic rings. The van der Waals surface area contributed by atoms with Crippen molar-refractivity contribution in [2.24, 2.45) is 0 Å². The molecule has 1 aromatic heterocycles. The van der Waals surface area contributed by atoms with Gasteiger partial charge in [-0.25, -0.2) is 0 Å². The predicted octanol–water partition coefficient (Wildman–Crippen LogP) is 2.08. The molecule has 1 aromatic carbocycles. The summed E-state index contributed by atoms with van der Waals surface area (Å²) in [6.45, 7) is 0.356. The highest BCUT2D eigenvalue weighted by molar-refractivity contribution is 9.10. The SMILES string of the molecule is Oc1cccc(C(O)Cn2cc(Br)cn2)c1. The van der Waals surface area contributed by atoms with E-state index < -0.39 is 6.10 Å². The average molecular weight is 283 g/mol. The van der Waals surface area contributed by atoms with Crippen molar-refractivity contribution in [3.8, 4) is 5.75 Å². The van der Waals surface area contributed by atoms with Gasteiger partial charge in [-0.05, 0) is 33.6 Å². The predicted molar refractivity (Wildman–Crippen MR) is 63.0 cm³/mol. The smallest absolute Gasteiger partial charge is 0.115 e. The number of rotatable bonds is 3. The van der Waals surface area contributed by atoms with Gasteiger partial charge in [-0.15, -0.1) is 0 Å². The molecule has 1 heterocycles. The fourth-order valence-electron chi connectivity index (χ4n) is 1.45. The molecule has 0 aliphatic heterocycles. The van der Waals surface area contributed by atoms with Crippen molar-refractivity contribution in [2.75, 3.05) is 0 Å². The van der Waals surface area contributed by atoms with Gasteiger partial charge in [-0.2, -0.15) is 5.10 Å². The lowest BCUT2D eigenvalue weighted by molar-refractivity contribution is 0.151. The van der Waals surface area contributed by atoms with Crippen molar-refractivity contribution in [1.82, 2.24) is 9.78 Å². The molecular formula is C11H11BrN2O2. The zero-order chi connectivity index (χ0) is 11.5. The lowest BCUT2D eigenvalue weighted by atomic mass is 10.1. The van der Waals surface area contributed by atoms with Crippen molar-refractivity contribution in [3.05, 3.63) is 46.7 Å². The van der Waals surface area contributed by atoms with Gasteiger partial charge < -0.3 is 10.2 Å². The van der Waals surface area contributed by atoms with Crippen molar-refractivity contribution in [3.63, 3.8) is 0 Å². The highest BCUT2D eigenvalue weighted by atomic mass is 79.9. The van der Waals surface area contributed by atoms with E-state index >= 15 is 0 Å². The van der Waals surface area contributed by atoms with Gasteiger partial charge in [0.2, 0.25) is 0 Å². The van der Waals surface area contributed by atoms with E-state index in [4.69, 9.17) is 0 Å². The van der Waals surface area contributed by atoms with E-state index in [-0.39, 0.29) is 5.75 Å². The Bertz CT molecular complexity index is 484. The van der Waals surface area contributed by atoms with Gasteiger partial charge in [0.05, 0.1) is 23.3 Å². The Labute approximate surface area is 101 Å². The zero-order valence-corrected chi connectivity index (χ0v) is 10.0. The molecule has 0 aliphatic rings. The molecule has 0 aliphatic carbocycles. The fraction of sp³-hybridized carbons (Fsp3) is 0.182. The quantitative estimate of drug-likeness (QED) is 0.906. The molecule has 0 saturated carbocycles.